The molecule has 0 saturated carbocycles. The molecule has 0 N–H and O–H groups in total. The molecule has 1 aliphatic rings. The average molecular weight is 343 g/mol. The predicted octanol–water partition coefficient (Wildman–Crippen LogP) is 5.71. The monoisotopic (exact) mass is 343 g/mol. The smallest absolute Gasteiger partial charge is 0.410 e. The Morgan fingerprint density at radius 3 is 2.23 bits per heavy atom. The standard InChI is InChI=1S/C23H21NO2/c25-23(24-13-2-1-3-14-24)26-15-19-10-9-18-8-7-16-5-4-6-17-11-12-20(19)22(18)21(16)17/h4-12H,1-3,13-15H2. The van der Waals surface area contributed by atoms with Gasteiger partial charge in [-0.1, -0.05) is 54.6 Å². The summed E-state index contributed by atoms with van der Waals surface area (Å²) in [4.78, 5) is 14.2. The van der Waals surface area contributed by atoms with Crippen molar-refractivity contribution in [2.75, 3.05) is 13.1 Å². The topological polar surface area (TPSA) is 29.5 Å². The maximum absolute atomic E-state index is 12.3. The van der Waals surface area contributed by atoms with E-state index in [4.69, 9.17) is 4.74 Å². The highest BCUT2D eigenvalue weighted by Gasteiger charge is 2.18. The Balaban J connectivity index is 1.52. The number of amides is 1. The summed E-state index contributed by atoms with van der Waals surface area (Å²) in [5.74, 6) is 0. The molecule has 1 fully saturated rings. The van der Waals surface area contributed by atoms with Crippen LogP contribution in [0, 0.1) is 0 Å². The minimum atomic E-state index is -0.185. The number of hydrogen-bond donors (Lipinski definition) is 0. The molecule has 5 rings (SSSR count). The third-order valence-electron chi connectivity index (χ3n) is 5.58. The van der Waals surface area contributed by atoms with Crippen molar-refractivity contribution in [1.29, 1.82) is 0 Å². The highest BCUT2D eigenvalue weighted by molar-refractivity contribution is 6.23. The number of likely N-dealkylation sites (tertiary alicyclic amines) is 1. The third-order valence-corrected chi connectivity index (χ3v) is 5.58. The van der Waals surface area contributed by atoms with Crippen LogP contribution in [0.4, 0.5) is 4.79 Å². The molecular formula is C23H21NO2. The average Bonchev–Trinajstić information content (AvgIpc) is 2.71. The molecule has 0 spiro atoms. The van der Waals surface area contributed by atoms with Crippen molar-refractivity contribution in [1.82, 2.24) is 4.90 Å². The molecule has 0 aromatic heterocycles. The van der Waals surface area contributed by atoms with Gasteiger partial charge in [-0.15, -0.1) is 0 Å². The highest BCUT2D eigenvalue weighted by Crippen LogP contribution is 2.36. The van der Waals surface area contributed by atoms with Crippen LogP contribution in [0.15, 0.2) is 54.6 Å². The van der Waals surface area contributed by atoms with Gasteiger partial charge in [0.05, 0.1) is 0 Å². The zero-order chi connectivity index (χ0) is 17.5. The van der Waals surface area contributed by atoms with Crippen LogP contribution < -0.4 is 0 Å². The van der Waals surface area contributed by atoms with Crippen LogP contribution in [0.2, 0.25) is 0 Å². The molecule has 130 valence electrons. The second-order valence-corrected chi connectivity index (χ2v) is 7.18. The lowest BCUT2D eigenvalue weighted by atomic mass is 9.92. The van der Waals surface area contributed by atoms with E-state index >= 15 is 0 Å². The Kier molecular flexibility index (Phi) is 3.66. The van der Waals surface area contributed by atoms with E-state index in [0.717, 1.165) is 31.5 Å². The van der Waals surface area contributed by atoms with Gasteiger partial charge in [-0.05, 0) is 57.1 Å². The first-order chi connectivity index (χ1) is 12.8. The lowest BCUT2D eigenvalue weighted by Crippen LogP contribution is -2.35. The van der Waals surface area contributed by atoms with Gasteiger partial charge in [-0.3, -0.25) is 0 Å². The molecule has 26 heavy (non-hydrogen) atoms. The Bertz CT molecular complexity index is 1080. The van der Waals surface area contributed by atoms with Gasteiger partial charge in [0.1, 0.15) is 6.61 Å². The number of hydrogen-bond acceptors (Lipinski definition) is 2. The van der Waals surface area contributed by atoms with Crippen LogP contribution in [-0.2, 0) is 11.3 Å². The first-order valence-electron chi connectivity index (χ1n) is 9.38. The fraction of sp³-hybridized carbons (Fsp3) is 0.261. The minimum absolute atomic E-state index is 0.185. The van der Waals surface area contributed by atoms with Gasteiger partial charge in [0.25, 0.3) is 0 Å². The van der Waals surface area contributed by atoms with E-state index in [2.05, 4.69) is 54.6 Å². The second kappa shape index (κ2) is 6.17. The highest BCUT2D eigenvalue weighted by atomic mass is 16.6. The van der Waals surface area contributed by atoms with Crippen LogP contribution in [0.3, 0.4) is 0 Å². The molecule has 1 saturated heterocycles. The van der Waals surface area contributed by atoms with Gasteiger partial charge < -0.3 is 9.64 Å². The summed E-state index contributed by atoms with van der Waals surface area (Å²) >= 11 is 0. The molecule has 0 radical (unpaired) electrons. The summed E-state index contributed by atoms with van der Waals surface area (Å²) in [6.45, 7) is 1.96. The Hall–Kier alpha value is -2.81. The van der Waals surface area contributed by atoms with E-state index in [1.165, 1.54) is 38.7 Å². The van der Waals surface area contributed by atoms with Crippen molar-refractivity contribution >= 4 is 38.4 Å². The van der Waals surface area contributed by atoms with Gasteiger partial charge in [0.2, 0.25) is 0 Å². The third kappa shape index (κ3) is 2.47. The Morgan fingerprint density at radius 2 is 1.46 bits per heavy atom. The lowest BCUT2D eigenvalue weighted by Gasteiger charge is -2.26. The number of ether oxygens (including phenoxy) is 1. The maximum atomic E-state index is 12.3. The number of carbonyl (C=O) groups excluding carboxylic acids is 1. The van der Waals surface area contributed by atoms with E-state index in [1.54, 1.807) is 0 Å². The molecule has 0 bridgehead atoms. The van der Waals surface area contributed by atoms with Crippen LogP contribution in [-0.4, -0.2) is 24.1 Å². The molecule has 3 heteroatoms. The first kappa shape index (κ1) is 15.4. The Labute approximate surface area is 152 Å². The van der Waals surface area contributed by atoms with E-state index in [1.807, 2.05) is 4.90 Å². The molecule has 3 nitrogen and oxygen atoms in total. The molecule has 1 heterocycles. The summed E-state index contributed by atoms with van der Waals surface area (Å²) < 4.78 is 5.64. The fourth-order valence-corrected chi connectivity index (χ4v) is 4.23. The van der Waals surface area contributed by atoms with Gasteiger partial charge in [-0.25, -0.2) is 4.79 Å². The van der Waals surface area contributed by atoms with Crippen LogP contribution in [0.1, 0.15) is 24.8 Å². The molecule has 1 aliphatic heterocycles. The Morgan fingerprint density at radius 1 is 0.808 bits per heavy atom. The van der Waals surface area contributed by atoms with Gasteiger partial charge in [0.15, 0.2) is 0 Å². The maximum Gasteiger partial charge on any atom is 0.410 e. The van der Waals surface area contributed by atoms with Gasteiger partial charge in [-0.2, -0.15) is 0 Å². The number of carbonyl (C=O) groups is 1. The normalized spacial score (nSPS) is 15.2. The summed E-state index contributed by atoms with van der Waals surface area (Å²) in [7, 11) is 0. The van der Waals surface area contributed by atoms with Crippen molar-refractivity contribution in [3.8, 4) is 0 Å². The summed E-state index contributed by atoms with van der Waals surface area (Å²) in [6.07, 6.45) is 3.18. The first-order valence-corrected chi connectivity index (χ1v) is 9.38. The van der Waals surface area contributed by atoms with Gasteiger partial charge >= 0.3 is 6.09 Å². The van der Waals surface area contributed by atoms with Crippen molar-refractivity contribution in [3.05, 3.63) is 60.2 Å². The molecule has 4 aromatic carbocycles. The van der Waals surface area contributed by atoms with Crippen LogP contribution >= 0.6 is 0 Å². The van der Waals surface area contributed by atoms with Crippen LogP contribution in [0.25, 0.3) is 32.3 Å². The number of nitrogens with zero attached hydrogens (tertiary/aromatic N) is 1. The molecular weight excluding hydrogens is 322 g/mol. The summed E-state index contributed by atoms with van der Waals surface area (Å²) in [5.41, 5.74) is 1.07. The van der Waals surface area contributed by atoms with Crippen molar-refractivity contribution < 1.29 is 9.53 Å². The summed E-state index contributed by atoms with van der Waals surface area (Å²) in [6, 6.07) is 19.3. The van der Waals surface area contributed by atoms with Crippen molar-refractivity contribution in [2.24, 2.45) is 0 Å². The van der Waals surface area contributed by atoms with Crippen LogP contribution in [0.5, 0.6) is 0 Å². The SMILES string of the molecule is O=C(OCc1ccc2ccc3cccc4ccc1c2c34)N1CCCCC1. The fourth-order valence-electron chi connectivity index (χ4n) is 4.23. The van der Waals surface area contributed by atoms with E-state index in [-0.39, 0.29) is 6.09 Å². The van der Waals surface area contributed by atoms with Crippen molar-refractivity contribution in [3.63, 3.8) is 0 Å². The molecule has 0 unspecified atom stereocenters. The predicted molar refractivity (Wildman–Crippen MR) is 106 cm³/mol. The van der Waals surface area contributed by atoms with E-state index in [9.17, 15) is 4.79 Å². The quantitative estimate of drug-likeness (QED) is 0.437. The number of benzene rings is 4. The van der Waals surface area contributed by atoms with E-state index < -0.39 is 0 Å². The zero-order valence-corrected chi connectivity index (χ0v) is 14.7. The van der Waals surface area contributed by atoms with E-state index in [0.29, 0.717) is 6.61 Å². The number of piperidine rings is 1. The number of rotatable bonds is 2. The minimum Gasteiger partial charge on any atom is -0.445 e. The molecule has 4 aromatic rings. The second-order valence-electron chi connectivity index (χ2n) is 7.18. The zero-order valence-electron chi connectivity index (χ0n) is 14.7. The van der Waals surface area contributed by atoms with Gasteiger partial charge in [0, 0.05) is 13.1 Å². The molecule has 0 atom stereocenters. The molecule has 1 amide bonds. The van der Waals surface area contributed by atoms with Crippen molar-refractivity contribution in [2.45, 2.75) is 25.9 Å². The summed E-state index contributed by atoms with van der Waals surface area (Å²) in [5, 5.41) is 7.48. The molecule has 0 aliphatic carbocycles. The largest absolute Gasteiger partial charge is 0.445 e. The lowest BCUT2D eigenvalue weighted by molar-refractivity contribution is 0.0898.